The summed E-state index contributed by atoms with van der Waals surface area (Å²) >= 11 is 0. The average molecular weight is 448 g/mol. The van der Waals surface area contributed by atoms with Crippen LogP contribution in [-0.4, -0.2) is 24.1 Å². The maximum absolute atomic E-state index is 14.5. The second-order valence-corrected chi connectivity index (χ2v) is 6.94. The lowest BCUT2D eigenvalue weighted by molar-refractivity contribution is 0.0943. The summed E-state index contributed by atoms with van der Waals surface area (Å²) in [6.07, 6.45) is -0.855. The van der Waals surface area contributed by atoms with Crippen molar-refractivity contribution in [3.05, 3.63) is 90.0 Å². The molecule has 0 unspecified atom stereocenters. The van der Waals surface area contributed by atoms with E-state index in [1.165, 1.54) is 13.2 Å². The molecule has 1 aromatic heterocycles. The molecule has 0 saturated carbocycles. The van der Waals surface area contributed by atoms with Crippen molar-refractivity contribution in [2.24, 2.45) is 0 Å². The predicted molar refractivity (Wildman–Crippen MR) is 120 cm³/mol. The van der Waals surface area contributed by atoms with Gasteiger partial charge in [-0.2, -0.15) is 5.01 Å². The van der Waals surface area contributed by atoms with Crippen LogP contribution in [0.15, 0.2) is 72.8 Å². The smallest absolute Gasteiger partial charge is 0.433 e. The number of nitrogens with two attached hydrogens (primary N) is 1. The topological polar surface area (TPSA) is 97.5 Å². The number of rotatable bonds is 3. The standard InChI is InChI=1S/C24H18F2N4O3/c1-33-24(32)30(14-8-3-2-4-9-14)29-23(31)19-15-10-5-6-13-18(15)28-22(21(19)27)20-16(25)11-7-12-17(20)26/h2-13H,27H2,1H3,(H,29,31). The number of amides is 2. The fourth-order valence-electron chi connectivity index (χ4n) is 3.43. The Morgan fingerprint density at radius 3 is 2.24 bits per heavy atom. The molecule has 4 aromatic rings. The van der Waals surface area contributed by atoms with Crippen LogP contribution in [0.2, 0.25) is 0 Å². The van der Waals surface area contributed by atoms with Crippen LogP contribution in [0.25, 0.3) is 22.2 Å². The number of ether oxygens (including phenoxy) is 1. The number of nitrogens with one attached hydrogen (secondary N) is 1. The molecule has 4 rings (SSSR count). The van der Waals surface area contributed by atoms with Crippen molar-refractivity contribution in [1.82, 2.24) is 10.4 Å². The minimum absolute atomic E-state index is 0.0944. The highest BCUT2D eigenvalue weighted by atomic mass is 19.1. The van der Waals surface area contributed by atoms with Gasteiger partial charge < -0.3 is 10.5 Å². The van der Waals surface area contributed by atoms with E-state index in [9.17, 15) is 18.4 Å². The Labute approximate surface area is 187 Å². The Morgan fingerprint density at radius 2 is 1.58 bits per heavy atom. The molecule has 0 spiro atoms. The summed E-state index contributed by atoms with van der Waals surface area (Å²) in [5, 5.41) is 1.24. The van der Waals surface area contributed by atoms with Gasteiger partial charge in [0.2, 0.25) is 0 Å². The average Bonchev–Trinajstić information content (AvgIpc) is 2.82. The number of hydrazine groups is 1. The monoisotopic (exact) mass is 448 g/mol. The Kier molecular flexibility index (Phi) is 5.86. The zero-order valence-corrected chi connectivity index (χ0v) is 17.4. The molecule has 3 aromatic carbocycles. The lowest BCUT2D eigenvalue weighted by Gasteiger charge is -2.23. The van der Waals surface area contributed by atoms with Crippen molar-refractivity contribution in [3.8, 4) is 11.3 Å². The maximum atomic E-state index is 14.5. The van der Waals surface area contributed by atoms with E-state index in [0.29, 0.717) is 16.6 Å². The van der Waals surface area contributed by atoms with Crippen LogP contribution in [0.3, 0.4) is 0 Å². The Morgan fingerprint density at radius 1 is 0.939 bits per heavy atom. The minimum Gasteiger partial charge on any atom is -0.451 e. The van der Waals surface area contributed by atoms with E-state index in [1.54, 1.807) is 54.6 Å². The SMILES string of the molecule is COC(=O)N(NC(=O)c1c(N)c(-c2c(F)cccc2F)nc2ccccc12)c1ccccc1. The van der Waals surface area contributed by atoms with Gasteiger partial charge in [-0.15, -0.1) is 0 Å². The summed E-state index contributed by atoms with van der Waals surface area (Å²) in [4.78, 5) is 30.0. The molecule has 166 valence electrons. The van der Waals surface area contributed by atoms with E-state index < -0.39 is 29.2 Å². The van der Waals surface area contributed by atoms with Crippen molar-refractivity contribution in [2.75, 3.05) is 17.9 Å². The minimum atomic E-state index is -0.878. The number of anilines is 2. The van der Waals surface area contributed by atoms with E-state index in [-0.39, 0.29) is 16.9 Å². The number of carbonyl (C=O) groups excluding carboxylic acids is 2. The number of methoxy groups -OCH3 is 1. The number of pyridine rings is 1. The first kappa shape index (κ1) is 21.7. The Balaban J connectivity index is 1.89. The lowest BCUT2D eigenvalue weighted by atomic mass is 10.0. The van der Waals surface area contributed by atoms with Gasteiger partial charge >= 0.3 is 6.09 Å². The molecule has 7 nitrogen and oxygen atoms in total. The predicted octanol–water partition coefficient (Wildman–Crippen LogP) is 4.68. The lowest BCUT2D eigenvalue weighted by Crippen LogP contribution is -2.46. The van der Waals surface area contributed by atoms with Crippen molar-refractivity contribution in [1.29, 1.82) is 0 Å². The highest BCUT2D eigenvalue weighted by molar-refractivity contribution is 6.14. The van der Waals surface area contributed by atoms with Crippen molar-refractivity contribution >= 4 is 34.3 Å². The number of nitrogens with zero attached hydrogens (tertiary/aromatic N) is 2. The third kappa shape index (κ3) is 4.03. The van der Waals surface area contributed by atoms with E-state index >= 15 is 0 Å². The number of fused-ring (bicyclic) bond motifs is 1. The van der Waals surface area contributed by atoms with Gasteiger partial charge in [0.1, 0.15) is 17.3 Å². The molecule has 33 heavy (non-hydrogen) atoms. The van der Waals surface area contributed by atoms with Crippen LogP contribution in [0.4, 0.5) is 25.0 Å². The van der Waals surface area contributed by atoms with E-state index in [1.807, 2.05) is 0 Å². The van der Waals surface area contributed by atoms with Gasteiger partial charge in [0.15, 0.2) is 0 Å². The molecule has 0 aliphatic heterocycles. The molecule has 9 heteroatoms. The number of halogens is 2. The van der Waals surface area contributed by atoms with Crippen molar-refractivity contribution in [3.63, 3.8) is 0 Å². The van der Waals surface area contributed by atoms with Crippen molar-refractivity contribution < 1.29 is 23.1 Å². The van der Waals surface area contributed by atoms with Gasteiger partial charge in [0, 0.05) is 5.39 Å². The number of hydrogen-bond donors (Lipinski definition) is 2. The van der Waals surface area contributed by atoms with Gasteiger partial charge in [-0.25, -0.2) is 18.6 Å². The van der Waals surface area contributed by atoms with Gasteiger partial charge in [0.05, 0.1) is 35.1 Å². The summed E-state index contributed by atoms with van der Waals surface area (Å²) in [7, 11) is 1.17. The Hall–Kier alpha value is -4.53. The van der Waals surface area contributed by atoms with Gasteiger partial charge in [-0.1, -0.05) is 42.5 Å². The fourth-order valence-corrected chi connectivity index (χ4v) is 3.43. The summed E-state index contributed by atoms with van der Waals surface area (Å²) in [6, 6.07) is 18.1. The molecule has 0 atom stereocenters. The zero-order valence-electron chi connectivity index (χ0n) is 17.4. The number of benzene rings is 3. The summed E-state index contributed by atoms with van der Waals surface area (Å²) in [5.74, 6) is -2.55. The van der Waals surface area contributed by atoms with Gasteiger partial charge in [-0.05, 0) is 30.3 Å². The quantitative estimate of drug-likeness (QED) is 0.444. The fraction of sp³-hybridized carbons (Fsp3) is 0.0417. The number of carbonyl (C=O) groups is 2. The van der Waals surface area contributed by atoms with Crippen LogP contribution >= 0.6 is 0 Å². The van der Waals surface area contributed by atoms with E-state index in [4.69, 9.17) is 10.5 Å². The van der Waals surface area contributed by atoms with E-state index in [2.05, 4.69) is 10.4 Å². The summed E-state index contributed by atoms with van der Waals surface area (Å²) < 4.78 is 33.8. The molecule has 0 aliphatic rings. The maximum Gasteiger partial charge on any atom is 0.433 e. The second-order valence-electron chi connectivity index (χ2n) is 6.94. The van der Waals surface area contributed by atoms with Crippen LogP contribution < -0.4 is 16.2 Å². The molecular formula is C24H18F2N4O3. The third-order valence-corrected chi connectivity index (χ3v) is 4.94. The first-order chi connectivity index (χ1) is 15.9. The number of nitrogen functional groups attached to an aromatic ring is 1. The Bertz CT molecular complexity index is 1340. The van der Waals surface area contributed by atoms with Gasteiger partial charge in [0.25, 0.3) is 5.91 Å². The molecule has 0 radical (unpaired) electrons. The second kappa shape index (κ2) is 8.91. The summed E-state index contributed by atoms with van der Waals surface area (Å²) in [5.41, 5.74) is 8.32. The molecule has 0 aliphatic carbocycles. The van der Waals surface area contributed by atoms with Crippen molar-refractivity contribution in [2.45, 2.75) is 0 Å². The molecular weight excluding hydrogens is 430 g/mol. The van der Waals surface area contributed by atoms with Gasteiger partial charge in [-0.3, -0.25) is 10.2 Å². The van der Waals surface area contributed by atoms with Crippen LogP contribution in [0.1, 0.15) is 10.4 Å². The normalized spacial score (nSPS) is 10.6. The third-order valence-electron chi connectivity index (χ3n) is 4.94. The number of hydrogen-bond acceptors (Lipinski definition) is 5. The molecule has 1 heterocycles. The van der Waals surface area contributed by atoms with Crippen LogP contribution in [-0.2, 0) is 4.74 Å². The number of aromatic nitrogens is 1. The summed E-state index contributed by atoms with van der Waals surface area (Å²) in [6.45, 7) is 0. The molecule has 0 saturated heterocycles. The highest BCUT2D eigenvalue weighted by Gasteiger charge is 2.26. The van der Waals surface area contributed by atoms with E-state index in [0.717, 1.165) is 17.1 Å². The largest absolute Gasteiger partial charge is 0.451 e. The van der Waals surface area contributed by atoms with Crippen LogP contribution in [0, 0.1) is 11.6 Å². The zero-order chi connectivity index (χ0) is 23.5. The molecule has 0 fully saturated rings. The van der Waals surface area contributed by atoms with Crippen LogP contribution in [0.5, 0.6) is 0 Å². The first-order valence-corrected chi connectivity index (χ1v) is 9.79. The molecule has 2 amide bonds. The molecule has 0 bridgehead atoms. The first-order valence-electron chi connectivity index (χ1n) is 9.79. The number of para-hydroxylation sites is 2. The molecule has 3 N–H and O–H groups in total. The highest BCUT2D eigenvalue weighted by Crippen LogP contribution is 2.35.